The Labute approximate surface area is 85.8 Å². The number of hydrogen-bond donors (Lipinski definition) is 1. The maximum atomic E-state index is 12.8. The van der Waals surface area contributed by atoms with Crippen molar-refractivity contribution in [2.24, 2.45) is 4.99 Å². The first-order chi connectivity index (χ1) is 6.84. The summed E-state index contributed by atoms with van der Waals surface area (Å²) in [4.78, 5) is 8.02. The van der Waals surface area contributed by atoms with E-state index in [4.69, 9.17) is 0 Å². The van der Waals surface area contributed by atoms with Gasteiger partial charge < -0.3 is 5.32 Å². The van der Waals surface area contributed by atoms with Crippen LogP contribution in [0.1, 0.15) is 6.42 Å². The molecule has 1 aromatic heterocycles. The zero-order valence-corrected chi connectivity index (χ0v) is 8.35. The Bertz CT molecular complexity index is 354. The molecular formula is C9H10FN3S. The molecule has 5 heteroatoms. The molecule has 1 N–H and O–H groups in total. The normalized spacial score (nSPS) is 16.2. The number of halogens is 1. The summed E-state index contributed by atoms with van der Waals surface area (Å²) in [6, 6.07) is 1.41. The molecule has 1 aromatic rings. The highest BCUT2D eigenvalue weighted by atomic mass is 32.2. The Morgan fingerprint density at radius 2 is 2.36 bits per heavy atom. The zero-order valence-electron chi connectivity index (χ0n) is 7.53. The number of anilines is 1. The van der Waals surface area contributed by atoms with Gasteiger partial charge in [0.15, 0.2) is 5.17 Å². The van der Waals surface area contributed by atoms with E-state index in [0.29, 0.717) is 5.69 Å². The van der Waals surface area contributed by atoms with Crippen LogP contribution in [-0.2, 0) is 0 Å². The molecule has 1 aliphatic heterocycles. The van der Waals surface area contributed by atoms with E-state index in [1.165, 1.54) is 12.3 Å². The monoisotopic (exact) mass is 211 g/mol. The minimum Gasteiger partial charge on any atom is -0.334 e. The summed E-state index contributed by atoms with van der Waals surface area (Å²) in [6.45, 7) is 0.845. The van der Waals surface area contributed by atoms with Crippen LogP contribution < -0.4 is 5.32 Å². The Balaban J connectivity index is 2.06. The average Bonchev–Trinajstić information content (AvgIpc) is 2.19. The highest BCUT2D eigenvalue weighted by Gasteiger charge is 2.06. The molecule has 0 amide bonds. The van der Waals surface area contributed by atoms with Gasteiger partial charge in [-0.15, -0.1) is 0 Å². The largest absolute Gasteiger partial charge is 0.334 e. The van der Waals surface area contributed by atoms with Gasteiger partial charge in [-0.2, -0.15) is 0 Å². The van der Waals surface area contributed by atoms with Crippen LogP contribution in [0.25, 0.3) is 0 Å². The van der Waals surface area contributed by atoms with Crippen molar-refractivity contribution < 1.29 is 4.39 Å². The Kier molecular flexibility index (Phi) is 2.98. The van der Waals surface area contributed by atoms with Crippen molar-refractivity contribution in [2.75, 3.05) is 17.6 Å². The second kappa shape index (κ2) is 4.41. The van der Waals surface area contributed by atoms with Crippen molar-refractivity contribution in [1.82, 2.24) is 4.98 Å². The standard InChI is InChI=1S/C9H10FN3S/c10-7-4-8(6-11-5-7)13-9-12-2-1-3-14-9/h4-6H,1-3H2,(H,12,13). The summed E-state index contributed by atoms with van der Waals surface area (Å²) in [5, 5.41) is 3.88. The van der Waals surface area contributed by atoms with Gasteiger partial charge in [0.2, 0.25) is 0 Å². The summed E-state index contributed by atoms with van der Waals surface area (Å²) >= 11 is 1.65. The average molecular weight is 211 g/mol. The fourth-order valence-electron chi connectivity index (χ4n) is 1.14. The minimum atomic E-state index is -0.337. The van der Waals surface area contributed by atoms with Crippen molar-refractivity contribution in [3.05, 3.63) is 24.3 Å². The molecule has 74 valence electrons. The van der Waals surface area contributed by atoms with Crippen LogP contribution in [0.3, 0.4) is 0 Å². The number of thioether (sulfide) groups is 1. The molecule has 2 rings (SSSR count). The van der Waals surface area contributed by atoms with Crippen LogP contribution in [0.4, 0.5) is 10.1 Å². The number of pyridine rings is 1. The third-order valence-electron chi connectivity index (χ3n) is 1.75. The third-order valence-corrected chi connectivity index (χ3v) is 2.75. The van der Waals surface area contributed by atoms with E-state index in [1.807, 2.05) is 0 Å². The highest BCUT2D eigenvalue weighted by Crippen LogP contribution is 2.15. The van der Waals surface area contributed by atoms with E-state index in [9.17, 15) is 4.39 Å². The summed E-state index contributed by atoms with van der Waals surface area (Å²) in [7, 11) is 0. The summed E-state index contributed by atoms with van der Waals surface area (Å²) < 4.78 is 12.8. The third kappa shape index (κ3) is 2.45. The van der Waals surface area contributed by atoms with Gasteiger partial charge in [0, 0.05) is 18.4 Å². The molecule has 0 saturated heterocycles. The minimum absolute atomic E-state index is 0.337. The van der Waals surface area contributed by atoms with Crippen molar-refractivity contribution in [2.45, 2.75) is 6.42 Å². The SMILES string of the molecule is Fc1cncc(NC2=NCCCS2)c1. The van der Waals surface area contributed by atoms with Gasteiger partial charge in [0.25, 0.3) is 0 Å². The predicted molar refractivity (Wildman–Crippen MR) is 57.2 cm³/mol. The molecule has 0 spiro atoms. The number of amidine groups is 1. The number of aromatic nitrogens is 1. The first kappa shape index (κ1) is 9.45. The van der Waals surface area contributed by atoms with Gasteiger partial charge in [-0.05, 0) is 6.42 Å². The molecule has 0 saturated carbocycles. The van der Waals surface area contributed by atoms with Crippen LogP contribution >= 0.6 is 11.8 Å². The number of rotatable bonds is 1. The zero-order chi connectivity index (χ0) is 9.80. The van der Waals surface area contributed by atoms with Crippen LogP contribution in [0.5, 0.6) is 0 Å². The Morgan fingerprint density at radius 1 is 1.43 bits per heavy atom. The number of aliphatic imine (C=N–C) groups is 1. The van der Waals surface area contributed by atoms with E-state index in [2.05, 4.69) is 15.3 Å². The first-order valence-electron chi connectivity index (χ1n) is 4.39. The van der Waals surface area contributed by atoms with Crippen LogP contribution in [-0.4, -0.2) is 22.4 Å². The van der Waals surface area contributed by atoms with E-state index in [-0.39, 0.29) is 5.82 Å². The quantitative estimate of drug-likeness (QED) is 0.773. The van der Waals surface area contributed by atoms with Crippen LogP contribution in [0.15, 0.2) is 23.5 Å². The molecule has 0 unspecified atom stereocenters. The summed E-state index contributed by atoms with van der Waals surface area (Å²) in [5.41, 5.74) is 0.651. The molecule has 0 bridgehead atoms. The second-order valence-corrected chi connectivity index (χ2v) is 3.99. The second-order valence-electron chi connectivity index (χ2n) is 2.91. The van der Waals surface area contributed by atoms with Gasteiger partial charge in [0.1, 0.15) is 5.82 Å². The number of hydrogen-bond acceptors (Lipinski definition) is 4. The number of nitrogens with one attached hydrogen (secondary N) is 1. The molecule has 0 radical (unpaired) electrons. The predicted octanol–water partition coefficient (Wildman–Crippen LogP) is 2.13. The smallest absolute Gasteiger partial charge is 0.161 e. The van der Waals surface area contributed by atoms with Gasteiger partial charge in [-0.1, -0.05) is 11.8 Å². The summed E-state index contributed by atoms with van der Waals surface area (Å²) in [6.07, 6.45) is 3.87. The maximum Gasteiger partial charge on any atom is 0.161 e. The van der Waals surface area contributed by atoms with E-state index >= 15 is 0 Å². The van der Waals surface area contributed by atoms with Crippen molar-refractivity contribution in [1.29, 1.82) is 0 Å². The Morgan fingerprint density at radius 3 is 3.07 bits per heavy atom. The summed E-state index contributed by atoms with van der Waals surface area (Å²) in [5.74, 6) is 0.727. The lowest BCUT2D eigenvalue weighted by atomic mass is 10.4. The number of nitrogens with zero attached hydrogens (tertiary/aromatic N) is 2. The lowest BCUT2D eigenvalue weighted by Crippen LogP contribution is -2.13. The molecule has 14 heavy (non-hydrogen) atoms. The van der Waals surface area contributed by atoms with E-state index < -0.39 is 0 Å². The molecule has 0 aromatic carbocycles. The highest BCUT2D eigenvalue weighted by molar-refractivity contribution is 8.14. The topological polar surface area (TPSA) is 37.3 Å². The van der Waals surface area contributed by atoms with Crippen LogP contribution in [0, 0.1) is 5.82 Å². The lowest BCUT2D eigenvalue weighted by molar-refractivity contribution is 0.622. The van der Waals surface area contributed by atoms with Crippen molar-refractivity contribution >= 4 is 22.6 Å². The van der Waals surface area contributed by atoms with Crippen LogP contribution in [0.2, 0.25) is 0 Å². The lowest BCUT2D eigenvalue weighted by Gasteiger charge is -2.12. The Hall–Kier alpha value is -1.10. The molecule has 0 atom stereocenters. The van der Waals surface area contributed by atoms with E-state index in [0.717, 1.165) is 23.9 Å². The first-order valence-corrected chi connectivity index (χ1v) is 5.38. The fourth-order valence-corrected chi connectivity index (χ4v) is 1.98. The van der Waals surface area contributed by atoms with Gasteiger partial charge in [0.05, 0.1) is 18.1 Å². The van der Waals surface area contributed by atoms with Gasteiger partial charge in [-0.25, -0.2) is 4.39 Å². The molecule has 0 aliphatic carbocycles. The molecule has 3 nitrogen and oxygen atoms in total. The van der Waals surface area contributed by atoms with Gasteiger partial charge >= 0.3 is 0 Å². The molecule has 1 aliphatic rings. The van der Waals surface area contributed by atoms with Crippen molar-refractivity contribution in [3.63, 3.8) is 0 Å². The fraction of sp³-hybridized carbons (Fsp3) is 0.333. The van der Waals surface area contributed by atoms with Crippen molar-refractivity contribution in [3.8, 4) is 0 Å². The maximum absolute atomic E-state index is 12.8. The molecular weight excluding hydrogens is 201 g/mol. The molecule has 0 fully saturated rings. The van der Waals surface area contributed by atoms with Gasteiger partial charge in [-0.3, -0.25) is 9.98 Å². The van der Waals surface area contributed by atoms with E-state index in [1.54, 1.807) is 18.0 Å². The molecule has 2 heterocycles.